The number of hydrogen-bond acceptors (Lipinski definition) is 8. The molecule has 0 amide bonds. The third-order valence-electron chi connectivity index (χ3n) is 3.61. The Kier molecular flexibility index (Phi) is 10.9. The molecule has 0 bridgehead atoms. The summed E-state index contributed by atoms with van der Waals surface area (Å²) in [5.41, 5.74) is 1.44. The SMILES string of the molecule is CN/C(=C\[N+](=O)[O-])C(F)c1ccc(Cl)nc1.CN/C(=C\[N+](=O)[O-])Cc1ccc(Cl)nc1. The molecule has 0 aliphatic carbocycles. The van der Waals surface area contributed by atoms with Crippen LogP contribution in [0.2, 0.25) is 10.3 Å². The predicted octanol–water partition coefficient (Wildman–Crippen LogP) is 3.70. The van der Waals surface area contributed by atoms with Gasteiger partial charge in [-0.25, -0.2) is 14.4 Å². The third-order valence-corrected chi connectivity index (χ3v) is 4.06. The Hall–Kier alpha value is -3.31. The summed E-state index contributed by atoms with van der Waals surface area (Å²) in [5.74, 6) is 0. The van der Waals surface area contributed by atoms with Gasteiger partial charge in [0.1, 0.15) is 16.0 Å². The molecular formula is C18H19Cl2FN6O4. The lowest BCUT2D eigenvalue weighted by molar-refractivity contribution is -0.404. The van der Waals surface area contributed by atoms with E-state index in [2.05, 4.69) is 20.6 Å². The normalized spacial score (nSPS) is 12.3. The quantitative estimate of drug-likeness (QED) is 0.337. The van der Waals surface area contributed by atoms with Gasteiger partial charge in [0.2, 0.25) is 0 Å². The number of nitro groups is 2. The van der Waals surface area contributed by atoms with E-state index in [1.165, 1.54) is 25.4 Å². The molecule has 0 saturated heterocycles. The lowest BCUT2D eigenvalue weighted by Gasteiger charge is -2.09. The number of nitrogens with zero attached hydrogens (tertiary/aromatic N) is 4. The van der Waals surface area contributed by atoms with Crippen LogP contribution < -0.4 is 10.6 Å². The van der Waals surface area contributed by atoms with Crippen LogP contribution in [0.5, 0.6) is 0 Å². The fraction of sp³-hybridized carbons (Fsp3) is 0.222. The van der Waals surface area contributed by atoms with Gasteiger partial charge in [-0.15, -0.1) is 0 Å². The molecule has 2 heterocycles. The summed E-state index contributed by atoms with van der Waals surface area (Å²) >= 11 is 11.2. The zero-order chi connectivity index (χ0) is 23.4. The highest BCUT2D eigenvalue weighted by Gasteiger charge is 2.18. The number of hydrogen-bond donors (Lipinski definition) is 2. The van der Waals surface area contributed by atoms with E-state index in [-0.39, 0.29) is 16.4 Å². The standard InChI is InChI=1S/C9H9ClFN3O2.C9H10ClN3O2/c1-12-7(5-14(15)16)9(11)6-2-3-8(10)13-4-6;1-11-8(6-13(14)15)4-7-2-3-9(10)12-5-7/h2-5,9,12H,1H3;2-3,5-6,11H,4H2,1H3/b7-5-;8-6-. The molecule has 2 rings (SSSR count). The molecule has 0 aliphatic heterocycles. The van der Waals surface area contributed by atoms with Gasteiger partial charge in [-0.05, 0) is 17.7 Å². The number of allylic oxidation sites excluding steroid dienone is 2. The van der Waals surface area contributed by atoms with E-state index >= 15 is 0 Å². The van der Waals surface area contributed by atoms with Crippen molar-refractivity contribution in [1.82, 2.24) is 20.6 Å². The van der Waals surface area contributed by atoms with Gasteiger partial charge in [0.15, 0.2) is 6.17 Å². The zero-order valence-electron chi connectivity index (χ0n) is 16.5. The first-order valence-corrected chi connectivity index (χ1v) is 9.32. The number of aromatic nitrogens is 2. The third kappa shape index (κ3) is 9.83. The maximum atomic E-state index is 13.8. The van der Waals surface area contributed by atoms with Gasteiger partial charge < -0.3 is 10.6 Å². The zero-order valence-corrected chi connectivity index (χ0v) is 18.0. The largest absolute Gasteiger partial charge is 0.386 e. The van der Waals surface area contributed by atoms with Crippen LogP contribution in [-0.2, 0) is 6.42 Å². The molecule has 31 heavy (non-hydrogen) atoms. The van der Waals surface area contributed by atoms with E-state index in [0.29, 0.717) is 23.5 Å². The number of likely N-dealkylation sites (N-methyl/N-ethyl adjacent to an activating group) is 2. The fourth-order valence-corrected chi connectivity index (χ4v) is 2.37. The average molecular weight is 473 g/mol. The summed E-state index contributed by atoms with van der Waals surface area (Å²) < 4.78 is 13.8. The van der Waals surface area contributed by atoms with E-state index in [1.54, 1.807) is 25.4 Å². The molecular weight excluding hydrogens is 454 g/mol. The summed E-state index contributed by atoms with van der Waals surface area (Å²) in [6.45, 7) is 0. The first kappa shape index (κ1) is 25.7. The molecule has 0 aromatic carbocycles. The van der Waals surface area contributed by atoms with E-state index in [4.69, 9.17) is 23.2 Å². The number of alkyl halides is 1. The van der Waals surface area contributed by atoms with Gasteiger partial charge in [-0.3, -0.25) is 20.2 Å². The maximum Gasteiger partial charge on any atom is 0.256 e. The Bertz CT molecular complexity index is 939. The van der Waals surface area contributed by atoms with Crippen molar-refractivity contribution < 1.29 is 14.2 Å². The van der Waals surface area contributed by atoms with Crippen LogP contribution in [0.4, 0.5) is 4.39 Å². The van der Waals surface area contributed by atoms with Crippen molar-refractivity contribution in [3.63, 3.8) is 0 Å². The summed E-state index contributed by atoms with van der Waals surface area (Å²) in [6.07, 6.45) is 3.15. The molecule has 10 nitrogen and oxygen atoms in total. The second-order valence-electron chi connectivity index (χ2n) is 5.75. The molecule has 0 fully saturated rings. The van der Waals surface area contributed by atoms with Crippen LogP contribution in [0, 0.1) is 20.2 Å². The summed E-state index contributed by atoms with van der Waals surface area (Å²) in [6, 6.07) is 6.27. The molecule has 13 heteroatoms. The van der Waals surface area contributed by atoms with Crippen molar-refractivity contribution in [2.45, 2.75) is 12.6 Å². The lowest BCUT2D eigenvalue weighted by atomic mass is 10.1. The first-order valence-electron chi connectivity index (χ1n) is 8.57. The van der Waals surface area contributed by atoms with Crippen molar-refractivity contribution in [1.29, 1.82) is 0 Å². The molecule has 2 aromatic heterocycles. The summed E-state index contributed by atoms with van der Waals surface area (Å²) in [7, 11) is 3.05. The minimum Gasteiger partial charge on any atom is -0.386 e. The van der Waals surface area contributed by atoms with Gasteiger partial charge in [0, 0.05) is 38.5 Å². The average Bonchev–Trinajstić information content (AvgIpc) is 2.73. The van der Waals surface area contributed by atoms with Gasteiger partial charge in [-0.2, -0.15) is 0 Å². The topological polar surface area (TPSA) is 136 Å². The van der Waals surface area contributed by atoms with Crippen molar-refractivity contribution in [2.75, 3.05) is 14.1 Å². The Morgan fingerprint density at radius 1 is 1.03 bits per heavy atom. The van der Waals surface area contributed by atoms with E-state index in [1.807, 2.05) is 0 Å². The minimum absolute atomic E-state index is 0.144. The molecule has 1 atom stereocenters. The highest BCUT2D eigenvalue weighted by atomic mass is 35.5. The second kappa shape index (κ2) is 13.1. The molecule has 2 N–H and O–H groups in total. The number of halogens is 3. The molecule has 1 unspecified atom stereocenters. The summed E-state index contributed by atoms with van der Waals surface area (Å²) in [5, 5.41) is 26.3. The first-order chi connectivity index (χ1) is 14.7. The van der Waals surface area contributed by atoms with Crippen molar-refractivity contribution in [3.05, 3.63) is 102 Å². The van der Waals surface area contributed by atoms with Crippen LogP contribution in [0.3, 0.4) is 0 Å². The van der Waals surface area contributed by atoms with Crippen LogP contribution in [0.15, 0.2) is 60.5 Å². The van der Waals surface area contributed by atoms with Gasteiger partial charge in [0.25, 0.3) is 12.4 Å². The van der Waals surface area contributed by atoms with Crippen molar-refractivity contribution in [2.24, 2.45) is 0 Å². The molecule has 166 valence electrons. The van der Waals surface area contributed by atoms with Gasteiger partial charge >= 0.3 is 0 Å². The minimum atomic E-state index is -1.62. The molecule has 0 saturated carbocycles. The fourth-order valence-electron chi connectivity index (χ4n) is 2.14. The smallest absolute Gasteiger partial charge is 0.256 e. The summed E-state index contributed by atoms with van der Waals surface area (Å²) in [4.78, 5) is 26.9. The van der Waals surface area contributed by atoms with Crippen LogP contribution >= 0.6 is 23.2 Å². The highest BCUT2D eigenvalue weighted by Crippen LogP contribution is 2.24. The van der Waals surface area contributed by atoms with Crippen LogP contribution in [0.25, 0.3) is 0 Å². The number of pyridine rings is 2. The highest BCUT2D eigenvalue weighted by molar-refractivity contribution is 6.29. The van der Waals surface area contributed by atoms with Gasteiger partial charge in [0.05, 0.1) is 15.5 Å². The molecule has 0 radical (unpaired) electrons. The van der Waals surface area contributed by atoms with Crippen molar-refractivity contribution in [3.8, 4) is 0 Å². The second-order valence-corrected chi connectivity index (χ2v) is 6.53. The number of nitrogens with one attached hydrogen (secondary N) is 2. The van der Waals surface area contributed by atoms with Crippen LogP contribution in [-0.4, -0.2) is 33.9 Å². The van der Waals surface area contributed by atoms with Crippen LogP contribution in [0.1, 0.15) is 17.3 Å². The van der Waals surface area contributed by atoms with E-state index in [0.717, 1.165) is 11.8 Å². The van der Waals surface area contributed by atoms with E-state index in [9.17, 15) is 24.6 Å². The Morgan fingerprint density at radius 2 is 1.61 bits per heavy atom. The number of rotatable bonds is 8. The maximum absolute atomic E-state index is 13.8. The molecule has 0 spiro atoms. The van der Waals surface area contributed by atoms with Crippen molar-refractivity contribution >= 4 is 23.2 Å². The molecule has 0 aliphatic rings. The Morgan fingerprint density at radius 3 is 2.03 bits per heavy atom. The Labute approximate surface area is 187 Å². The predicted molar refractivity (Wildman–Crippen MR) is 114 cm³/mol. The monoisotopic (exact) mass is 472 g/mol. The van der Waals surface area contributed by atoms with Gasteiger partial charge in [-0.1, -0.05) is 35.3 Å². The molecule has 2 aromatic rings. The van der Waals surface area contributed by atoms with E-state index < -0.39 is 16.0 Å². The Balaban J connectivity index is 0.000000311. The lowest BCUT2D eigenvalue weighted by Crippen LogP contribution is -2.13.